The molecule has 140 valence electrons. The monoisotopic (exact) mass is 353 g/mol. The lowest BCUT2D eigenvalue weighted by Gasteiger charge is -2.39. The standard InChI is InChI=1S/C23H31NO2/c1-3-15-23(25,20-11-13-21(26-2)14-12-20)22(18-24-16-7-8-17-24)19-9-5-4-6-10-19/h4-6,9-14,22,25H,3,7-8,15-18H2,1-2H3/t22-,23-/m0/s1. The summed E-state index contributed by atoms with van der Waals surface area (Å²) >= 11 is 0. The number of aliphatic hydroxyl groups is 1. The summed E-state index contributed by atoms with van der Waals surface area (Å²) in [7, 11) is 1.67. The second-order valence-corrected chi connectivity index (χ2v) is 7.37. The molecular weight excluding hydrogens is 322 g/mol. The largest absolute Gasteiger partial charge is 0.497 e. The van der Waals surface area contributed by atoms with Gasteiger partial charge >= 0.3 is 0 Å². The molecule has 0 saturated carbocycles. The van der Waals surface area contributed by atoms with Gasteiger partial charge in [-0.25, -0.2) is 0 Å². The van der Waals surface area contributed by atoms with E-state index in [0.29, 0.717) is 0 Å². The number of likely N-dealkylation sites (tertiary alicyclic amines) is 1. The minimum Gasteiger partial charge on any atom is -0.497 e. The van der Waals surface area contributed by atoms with E-state index in [1.54, 1.807) is 7.11 Å². The first kappa shape index (κ1) is 18.9. The molecule has 0 bridgehead atoms. The van der Waals surface area contributed by atoms with Crippen molar-refractivity contribution in [3.8, 4) is 5.75 Å². The van der Waals surface area contributed by atoms with Crippen LogP contribution >= 0.6 is 0 Å². The number of hydrogen-bond donors (Lipinski definition) is 1. The molecule has 26 heavy (non-hydrogen) atoms. The SMILES string of the molecule is CCC[C@](O)(c1ccc(OC)cc1)[C@@H](CN1CCCC1)c1ccccc1. The topological polar surface area (TPSA) is 32.7 Å². The minimum atomic E-state index is -0.884. The lowest BCUT2D eigenvalue weighted by atomic mass is 9.74. The summed E-state index contributed by atoms with van der Waals surface area (Å²) in [6.45, 7) is 5.31. The molecule has 1 saturated heterocycles. The van der Waals surface area contributed by atoms with Gasteiger partial charge in [-0.05, 0) is 55.6 Å². The fraction of sp³-hybridized carbons (Fsp3) is 0.478. The number of nitrogens with zero attached hydrogens (tertiary/aromatic N) is 1. The number of ether oxygens (including phenoxy) is 1. The van der Waals surface area contributed by atoms with Gasteiger partial charge < -0.3 is 14.7 Å². The quantitative estimate of drug-likeness (QED) is 0.755. The van der Waals surface area contributed by atoms with E-state index in [9.17, 15) is 5.11 Å². The lowest BCUT2D eigenvalue weighted by Crippen LogP contribution is -2.40. The molecular formula is C23H31NO2. The molecule has 0 aromatic heterocycles. The first-order valence-electron chi connectivity index (χ1n) is 9.81. The Bertz CT molecular complexity index is 664. The molecule has 2 atom stereocenters. The molecule has 1 aliphatic rings. The maximum absolute atomic E-state index is 12.0. The van der Waals surface area contributed by atoms with Crippen LogP contribution in [0.2, 0.25) is 0 Å². The van der Waals surface area contributed by atoms with Crippen molar-refractivity contribution < 1.29 is 9.84 Å². The highest BCUT2D eigenvalue weighted by Crippen LogP contribution is 2.42. The third-order valence-corrected chi connectivity index (χ3v) is 5.64. The fourth-order valence-electron chi connectivity index (χ4n) is 4.22. The Morgan fingerprint density at radius 3 is 2.27 bits per heavy atom. The lowest BCUT2D eigenvalue weighted by molar-refractivity contribution is -0.0117. The first-order valence-corrected chi connectivity index (χ1v) is 9.81. The Morgan fingerprint density at radius 2 is 1.69 bits per heavy atom. The van der Waals surface area contributed by atoms with Crippen molar-refractivity contribution in [3.05, 3.63) is 65.7 Å². The second kappa shape index (κ2) is 8.70. The van der Waals surface area contributed by atoms with E-state index >= 15 is 0 Å². The smallest absolute Gasteiger partial charge is 0.118 e. The Labute approximate surface area is 157 Å². The fourth-order valence-corrected chi connectivity index (χ4v) is 4.22. The summed E-state index contributed by atoms with van der Waals surface area (Å²) in [5.41, 5.74) is 1.31. The van der Waals surface area contributed by atoms with Crippen LogP contribution in [0.25, 0.3) is 0 Å². The van der Waals surface area contributed by atoms with Crippen LogP contribution in [0.5, 0.6) is 5.75 Å². The predicted octanol–water partition coefficient (Wildman–Crippen LogP) is 4.56. The summed E-state index contributed by atoms with van der Waals surface area (Å²) in [5.74, 6) is 0.874. The Balaban J connectivity index is 1.99. The van der Waals surface area contributed by atoms with Gasteiger partial charge in [0.15, 0.2) is 0 Å². The zero-order valence-corrected chi connectivity index (χ0v) is 16.0. The highest BCUT2D eigenvalue weighted by molar-refractivity contribution is 5.35. The molecule has 1 aliphatic heterocycles. The van der Waals surface area contributed by atoms with Crippen LogP contribution in [-0.4, -0.2) is 36.8 Å². The van der Waals surface area contributed by atoms with Gasteiger partial charge in [0, 0.05) is 12.5 Å². The van der Waals surface area contributed by atoms with E-state index in [1.165, 1.54) is 18.4 Å². The molecule has 1 N–H and O–H groups in total. The number of benzene rings is 2. The molecule has 0 radical (unpaired) electrons. The van der Waals surface area contributed by atoms with E-state index < -0.39 is 5.60 Å². The maximum atomic E-state index is 12.0. The zero-order valence-electron chi connectivity index (χ0n) is 16.0. The van der Waals surface area contributed by atoms with Crippen LogP contribution in [0.4, 0.5) is 0 Å². The summed E-state index contributed by atoms with van der Waals surface area (Å²) in [4.78, 5) is 2.50. The van der Waals surface area contributed by atoms with Gasteiger partial charge in [0.25, 0.3) is 0 Å². The molecule has 1 heterocycles. The first-order chi connectivity index (χ1) is 12.7. The van der Waals surface area contributed by atoms with Crippen LogP contribution in [0.3, 0.4) is 0 Å². The molecule has 2 aromatic rings. The molecule has 3 heteroatoms. The van der Waals surface area contributed by atoms with Gasteiger partial charge in [-0.1, -0.05) is 55.8 Å². The van der Waals surface area contributed by atoms with Crippen molar-refractivity contribution in [2.75, 3.05) is 26.7 Å². The third-order valence-electron chi connectivity index (χ3n) is 5.64. The van der Waals surface area contributed by atoms with E-state index in [-0.39, 0.29) is 5.92 Å². The predicted molar refractivity (Wildman–Crippen MR) is 107 cm³/mol. The molecule has 0 spiro atoms. The number of hydrogen-bond acceptors (Lipinski definition) is 3. The van der Waals surface area contributed by atoms with Crippen LogP contribution in [0.15, 0.2) is 54.6 Å². The van der Waals surface area contributed by atoms with Crippen molar-refractivity contribution in [1.82, 2.24) is 4.90 Å². The number of rotatable bonds is 8. The van der Waals surface area contributed by atoms with Gasteiger partial charge in [-0.3, -0.25) is 0 Å². The molecule has 0 amide bonds. The van der Waals surface area contributed by atoms with Crippen molar-refractivity contribution in [2.45, 2.75) is 44.1 Å². The molecule has 1 fully saturated rings. The van der Waals surface area contributed by atoms with Gasteiger partial charge in [0.1, 0.15) is 5.75 Å². The third kappa shape index (κ3) is 4.11. The average Bonchev–Trinajstić information content (AvgIpc) is 3.20. The molecule has 3 nitrogen and oxygen atoms in total. The van der Waals surface area contributed by atoms with Crippen molar-refractivity contribution in [2.24, 2.45) is 0 Å². The minimum absolute atomic E-state index is 0.0511. The van der Waals surface area contributed by atoms with E-state index in [1.807, 2.05) is 30.3 Å². The van der Waals surface area contributed by atoms with Crippen LogP contribution in [0, 0.1) is 0 Å². The van der Waals surface area contributed by atoms with Crippen molar-refractivity contribution >= 4 is 0 Å². The average molecular weight is 354 g/mol. The van der Waals surface area contributed by atoms with Crippen LogP contribution in [0.1, 0.15) is 49.7 Å². The highest BCUT2D eigenvalue weighted by atomic mass is 16.5. The van der Waals surface area contributed by atoms with E-state index in [4.69, 9.17) is 4.74 Å². The Morgan fingerprint density at radius 1 is 1.04 bits per heavy atom. The van der Waals surface area contributed by atoms with Gasteiger partial charge in [-0.2, -0.15) is 0 Å². The normalized spacial score (nSPS) is 18.4. The molecule has 0 aliphatic carbocycles. The highest BCUT2D eigenvalue weighted by Gasteiger charge is 2.39. The van der Waals surface area contributed by atoms with Gasteiger partial charge in [0.05, 0.1) is 12.7 Å². The van der Waals surface area contributed by atoms with Gasteiger partial charge in [-0.15, -0.1) is 0 Å². The van der Waals surface area contributed by atoms with Gasteiger partial charge in [0.2, 0.25) is 0 Å². The zero-order chi connectivity index (χ0) is 18.4. The van der Waals surface area contributed by atoms with E-state index in [2.05, 4.69) is 36.1 Å². The molecule has 3 rings (SSSR count). The summed E-state index contributed by atoms with van der Waals surface area (Å²) < 4.78 is 5.30. The Hall–Kier alpha value is -1.84. The van der Waals surface area contributed by atoms with E-state index in [0.717, 1.165) is 43.8 Å². The summed E-state index contributed by atoms with van der Waals surface area (Å²) in [6.07, 6.45) is 4.20. The molecule has 2 aromatic carbocycles. The maximum Gasteiger partial charge on any atom is 0.118 e. The van der Waals surface area contributed by atoms with Crippen molar-refractivity contribution in [1.29, 1.82) is 0 Å². The summed E-state index contributed by atoms with van der Waals surface area (Å²) in [5, 5.41) is 12.0. The molecule has 0 unspecified atom stereocenters. The van der Waals surface area contributed by atoms with Crippen LogP contribution < -0.4 is 4.74 Å². The number of methoxy groups -OCH3 is 1. The summed E-state index contributed by atoms with van der Waals surface area (Å²) in [6, 6.07) is 18.5. The van der Waals surface area contributed by atoms with Crippen molar-refractivity contribution in [3.63, 3.8) is 0 Å². The second-order valence-electron chi connectivity index (χ2n) is 7.37. The van der Waals surface area contributed by atoms with Crippen LogP contribution in [-0.2, 0) is 5.60 Å². The Kier molecular flexibility index (Phi) is 6.33.